The zero-order chi connectivity index (χ0) is 14.7. The highest BCUT2D eigenvalue weighted by Crippen LogP contribution is 2.25. The average molecular weight is 288 g/mol. The molecule has 2 aromatic heterocycles. The third-order valence-corrected chi connectivity index (χ3v) is 3.91. The van der Waals surface area contributed by atoms with E-state index in [1.54, 1.807) is 11.6 Å². The van der Waals surface area contributed by atoms with Crippen molar-refractivity contribution in [3.63, 3.8) is 0 Å². The van der Waals surface area contributed by atoms with E-state index in [-0.39, 0.29) is 11.8 Å². The van der Waals surface area contributed by atoms with Crippen LogP contribution in [0.15, 0.2) is 18.3 Å². The monoisotopic (exact) mass is 288 g/mol. The molecule has 0 unspecified atom stereocenters. The summed E-state index contributed by atoms with van der Waals surface area (Å²) in [5.41, 5.74) is 1.37. The summed E-state index contributed by atoms with van der Waals surface area (Å²) in [6, 6.07) is 3.72. The molecule has 1 aliphatic carbocycles. The van der Waals surface area contributed by atoms with Crippen LogP contribution < -0.4 is 5.32 Å². The number of carbonyl (C=O) groups excluding carboxylic acids is 1. The van der Waals surface area contributed by atoms with E-state index in [4.69, 9.17) is 4.74 Å². The Balaban J connectivity index is 1.80. The minimum Gasteiger partial charge on any atom is -0.377 e. The third kappa shape index (κ3) is 3.05. The fourth-order valence-electron chi connectivity index (χ4n) is 2.84. The number of fused-ring (bicyclic) bond motifs is 1. The first-order chi connectivity index (χ1) is 10.3. The predicted molar refractivity (Wildman–Crippen MR) is 78.9 cm³/mol. The number of hydrogen-bond acceptors (Lipinski definition) is 4. The minimum absolute atomic E-state index is 0.0964. The van der Waals surface area contributed by atoms with E-state index < -0.39 is 0 Å². The highest BCUT2D eigenvalue weighted by atomic mass is 16.5. The second-order valence-electron chi connectivity index (χ2n) is 5.48. The van der Waals surface area contributed by atoms with Crippen LogP contribution in [0.1, 0.15) is 37.9 Å². The summed E-state index contributed by atoms with van der Waals surface area (Å²) < 4.78 is 6.72. The molecule has 1 fully saturated rings. The second-order valence-corrected chi connectivity index (χ2v) is 5.48. The Kier molecular flexibility index (Phi) is 4.15. The molecule has 1 amide bonds. The zero-order valence-corrected chi connectivity index (χ0v) is 12.2. The van der Waals surface area contributed by atoms with Gasteiger partial charge in [0.05, 0.1) is 5.69 Å². The molecule has 0 aromatic carbocycles. The molecule has 1 N–H and O–H groups in total. The van der Waals surface area contributed by atoms with Crippen LogP contribution >= 0.6 is 0 Å². The van der Waals surface area contributed by atoms with Crippen molar-refractivity contribution in [1.82, 2.24) is 14.6 Å². The minimum atomic E-state index is 0.0964. The summed E-state index contributed by atoms with van der Waals surface area (Å²) in [5, 5.41) is 7.32. The van der Waals surface area contributed by atoms with E-state index in [9.17, 15) is 4.79 Å². The molecule has 0 spiro atoms. The van der Waals surface area contributed by atoms with Crippen LogP contribution in [0.5, 0.6) is 0 Å². The summed E-state index contributed by atoms with van der Waals surface area (Å²) in [7, 11) is 1.61. The van der Waals surface area contributed by atoms with Crippen molar-refractivity contribution in [2.24, 2.45) is 5.92 Å². The Morgan fingerprint density at radius 3 is 3.00 bits per heavy atom. The van der Waals surface area contributed by atoms with E-state index >= 15 is 0 Å². The quantitative estimate of drug-likeness (QED) is 0.938. The lowest BCUT2D eigenvalue weighted by Gasteiger charge is -2.20. The van der Waals surface area contributed by atoms with Crippen molar-refractivity contribution in [3.8, 4) is 0 Å². The number of aromatic nitrogens is 3. The Morgan fingerprint density at radius 2 is 2.24 bits per heavy atom. The van der Waals surface area contributed by atoms with Crippen LogP contribution in [0.25, 0.3) is 5.65 Å². The van der Waals surface area contributed by atoms with Crippen LogP contribution in [0.4, 0.5) is 5.69 Å². The first kappa shape index (κ1) is 14.0. The molecule has 0 bridgehead atoms. The maximum atomic E-state index is 12.4. The van der Waals surface area contributed by atoms with Crippen molar-refractivity contribution in [2.75, 3.05) is 12.4 Å². The van der Waals surface area contributed by atoms with Crippen LogP contribution in [-0.4, -0.2) is 27.6 Å². The van der Waals surface area contributed by atoms with Gasteiger partial charge in [-0.1, -0.05) is 19.3 Å². The van der Waals surface area contributed by atoms with Gasteiger partial charge in [-0.25, -0.2) is 9.50 Å². The van der Waals surface area contributed by atoms with Crippen molar-refractivity contribution in [2.45, 2.75) is 38.7 Å². The van der Waals surface area contributed by atoms with Crippen molar-refractivity contribution < 1.29 is 9.53 Å². The van der Waals surface area contributed by atoms with Crippen molar-refractivity contribution in [1.29, 1.82) is 0 Å². The summed E-state index contributed by atoms with van der Waals surface area (Å²) in [5.74, 6) is 0.830. The van der Waals surface area contributed by atoms with E-state index in [1.807, 2.05) is 18.3 Å². The molecule has 1 aliphatic rings. The SMILES string of the molecule is COCc1nc2c(NC(=O)C3CCCCC3)cccn2n1. The molecule has 21 heavy (non-hydrogen) atoms. The predicted octanol–water partition coefficient (Wildman–Crippen LogP) is 2.39. The van der Waals surface area contributed by atoms with Gasteiger partial charge in [0.15, 0.2) is 11.5 Å². The van der Waals surface area contributed by atoms with Crippen LogP contribution in [-0.2, 0) is 16.1 Å². The molecular weight excluding hydrogens is 268 g/mol. The number of ether oxygens (including phenoxy) is 1. The lowest BCUT2D eigenvalue weighted by atomic mass is 9.88. The summed E-state index contributed by atoms with van der Waals surface area (Å²) in [4.78, 5) is 16.8. The molecule has 2 aromatic rings. The van der Waals surface area contributed by atoms with Gasteiger partial charge in [0, 0.05) is 19.2 Å². The van der Waals surface area contributed by atoms with Crippen LogP contribution in [0.2, 0.25) is 0 Å². The Morgan fingerprint density at radius 1 is 1.43 bits per heavy atom. The lowest BCUT2D eigenvalue weighted by Crippen LogP contribution is -2.25. The molecule has 0 radical (unpaired) electrons. The fraction of sp³-hybridized carbons (Fsp3) is 0.533. The number of hydrogen-bond donors (Lipinski definition) is 1. The largest absolute Gasteiger partial charge is 0.377 e. The molecule has 1 saturated carbocycles. The molecule has 6 heteroatoms. The van der Waals surface area contributed by atoms with Crippen LogP contribution in [0.3, 0.4) is 0 Å². The van der Waals surface area contributed by atoms with Gasteiger partial charge in [-0.15, -0.1) is 5.10 Å². The van der Waals surface area contributed by atoms with E-state index in [2.05, 4.69) is 15.4 Å². The summed E-state index contributed by atoms with van der Waals surface area (Å²) in [6.07, 6.45) is 7.31. The van der Waals surface area contributed by atoms with Gasteiger partial charge in [-0.3, -0.25) is 4.79 Å². The molecule has 112 valence electrons. The smallest absolute Gasteiger partial charge is 0.227 e. The number of amides is 1. The standard InChI is InChI=1S/C15H20N4O2/c1-21-10-13-17-14-12(8-5-9-19(14)18-13)16-15(20)11-6-3-2-4-7-11/h5,8-9,11H,2-4,6-7,10H2,1H3,(H,16,20). The molecule has 6 nitrogen and oxygen atoms in total. The highest BCUT2D eigenvalue weighted by Gasteiger charge is 2.22. The molecule has 3 rings (SSSR count). The molecular formula is C15H20N4O2. The van der Waals surface area contributed by atoms with Gasteiger partial charge < -0.3 is 10.1 Å². The number of nitrogens with zero attached hydrogens (tertiary/aromatic N) is 3. The number of carbonyl (C=O) groups is 1. The van der Waals surface area contributed by atoms with Crippen LogP contribution in [0, 0.1) is 5.92 Å². The number of rotatable bonds is 4. The molecule has 0 saturated heterocycles. The number of methoxy groups -OCH3 is 1. The topological polar surface area (TPSA) is 68.5 Å². The lowest BCUT2D eigenvalue weighted by molar-refractivity contribution is -0.120. The Bertz CT molecular complexity index is 632. The normalized spacial score (nSPS) is 16.2. The number of pyridine rings is 1. The highest BCUT2D eigenvalue weighted by molar-refractivity contribution is 5.95. The van der Waals surface area contributed by atoms with E-state index in [0.717, 1.165) is 25.7 Å². The molecule has 0 atom stereocenters. The Labute approximate surface area is 123 Å². The fourth-order valence-corrected chi connectivity index (χ4v) is 2.84. The summed E-state index contributed by atoms with van der Waals surface area (Å²) in [6.45, 7) is 0.359. The van der Waals surface area contributed by atoms with Gasteiger partial charge in [-0.2, -0.15) is 0 Å². The molecule has 0 aliphatic heterocycles. The third-order valence-electron chi connectivity index (χ3n) is 3.91. The maximum absolute atomic E-state index is 12.4. The first-order valence-electron chi connectivity index (χ1n) is 7.42. The van der Waals surface area contributed by atoms with E-state index in [1.165, 1.54) is 6.42 Å². The molecule has 2 heterocycles. The maximum Gasteiger partial charge on any atom is 0.227 e. The summed E-state index contributed by atoms with van der Waals surface area (Å²) >= 11 is 0. The van der Waals surface area contributed by atoms with Gasteiger partial charge >= 0.3 is 0 Å². The zero-order valence-electron chi connectivity index (χ0n) is 12.2. The first-order valence-corrected chi connectivity index (χ1v) is 7.42. The van der Waals surface area contributed by atoms with Crippen molar-refractivity contribution >= 4 is 17.2 Å². The van der Waals surface area contributed by atoms with Gasteiger partial charge in [-0.05, 0) is 25.0 Å². The Hall–Kier alpha value is -1.95. The van der Waals surface area contributed by atoms with Gasteiger partial charge in [0.25, 0.3) is 0 Å². The van der Waals surface area contributed by atoms with Gasteiger partial charge in [0.2, 0.25) is 5.91 Å². The van der Waals surface area contributed by atoms with Gasteiger partial charge in [0.1, 0.15) is 6.61 Å². The number of nitrogens with one attached hydrogen (secondary N) is 1. The number of anilines is 1. The second kappa shape index (κ2) is 6.22. The average Bonchev–Trinajstić information content (AvgIpc) is 2.92. The van der Waals surface area contributed by atoms with Crippen molar-refractivity contribution in [3.05, 3.63) is 24.2 Å². The van der Waals surface area contributed by atoms with E-state index in [0.29, 0.717) is 23.8 Å².